The van der Waals surface area contributed by atoms with Crippen LogP contribution in [-0.4, -0.2) is 11.2 Å². The summed E-state index contributed by atoms with van der Waals surface area (Å²) in [7, 11) is 0. The molecule has 0 rings (SSSR count). The second-order valence-corrected chi connectivity index (χ2v) is 6.47. The number of allylic oxidation sites excluding steroid dienone is 1. The maximum absolute atomic E-state index is 9.84. The smallest absolute Gasteiger partial charge is 0.0574 e. The topological polar surface area (TPSA) is 20.2 Å². The molecule has 0 aromatic rings. The SMILES string of the molecule is CCCCCCCCCC/C=C\CC(O)CCCCCC. The van der Waals surface area contributed by atoms with Crippen LogP contribution in [0.25, 0.3) is 0 Å². The van der Waals surface area contributed by atoms with E-state index in [1.807, 2.05) is 0 Å². The van der Waals surface area contributed by atoms with Gasteiger partial charge in [-0.05, 0) is 25.7 Å². The van der Waals surface area contributed by atoms with Gasteiger partial charge in [0.05, 0.1) is 6.10 Å². The average molecular weight is 297 g/mol. The highest BCUT2D eigenvalue weighted by atomic mass is 16.3. The van der Waals surface area contributed by atoms with Gasteiger partial charge in [0, 0.05) is 0 Å². The first kappa shape index (κ1) is 20.7. The van der Waals surface area contributed by atoms with E-state index >= 15 is 0 Å². The highest BCUT2D eigenvalue weighted by Crippen LogP contribution is 2.11. The third-order valence-electron chi connectivity index (χ3n) is 4.19. The summed E-state index contributed by atoms with van der Waals surface area (Å²) >= 11 is 0. The third-order valence-corrected chi connectivity index (χ3v) is 4.19. The molecule has 0 aromatic carbocycles. The maximum Gasteiger partial charge on any atom is 0.0574 e. The predicted molar refractivity (Wildman–Crippen MR) is 95.7 cm³/mol. The molecule has 0 aliphatic carbocycles. The fraction of sp³-hybridized carbons (Fsp3) is 0.900. The molecule has 0 amide bonds. The van der Waals surface area contributed by atoms with Crippen LogP contribution in [0.15, 0.2) is 12.2 Å². The average Bonchev–Trinajstić information content (AvgIpc) is 2.49. The van der Waals surface area contributed by atoms with E-state index in [9.17, 15) is 5.11 Å². The molecule has 0 aromatic heterocycles. The molecule has 0 radical (unpaired) electrons. The van der Waals surface area contributed by atoms with Crippen molar-refractivity contribution < 1.29 is 5.11 Å². The van der Waals surface area contributed by atoms with Crippen molar-refractivity contribution in [2.45, 2.75) is 116 Å². The monoisotopic (exact) mass is 296 g/mol. The van der Waals surface area contributed by atoms with E-state index in [4.69, 9.17) is 0 Å². The Morgan fingerprint density at radius 2 is 1.19 bits per heavy atom. The van der Waals surface area contributed by atoms with Crippen molar-refractivity contribution in [2.75, 3.05) is 0 Å². The zero-order valence-electron chi connectivity index (χ0n) is 14.8. The summed E-state index contributed by atoms with van der Waals surface area (Å²) in [6, 6.07) is 0. The van der Waals surface area contributed by atoms with E-state index in [0.717, 1.165) is 12.8 Å². The zero-order chi connectivity index (χ0) is 15.6. The van der Waals surface area contributed by atoms with E-state index in [-0.39, 0.29) is 6.10 Å². The van der Waals surface area contributed by atoms with E-state index in [1.54, 1.807) is 0 Å². The van der Waals surface area contributed by atoms with Crippen molar-refractivity contribution in [3.8, 4) is 0 Å². The molecule has 0 saturated carbocycles. The minimum Gasteiger partial charge on any atom is -0.393 e. The quantitative estimate of drug-likeness (QED) is 0.245. The Labute approximate surface area is 134 Å². The number of hydrogen-bond donors (Lipinski definition) is 1. The summed E-state index contributed by atoms with van der Waals surface area (Å²) < 4.78 is 0. The molecule has 1 unspecified atom stereocenters. The number of rotatable bonds is 16. The Morgan fingerprint density at radius 1 is 0.667 bits per heavy atom. The Bertz CT molecular complexity index is 210. The summed E-state index contributed by atoms with van der Waals surface area (Å²) in [5.41, 5.74) is 0. The van der Waals surface area contributed by atoms with E-state index in [2.05, 4.69) is 26.0 Å². The lowest BCUT2D eigenvalue weighted by atomic mass is 10.1. The van der Waals surface area contributed by atoms with Crippen molar-refractivity contribution >= 4 is 0 Å². The molecule has 0 aliphatic rings. The second kappa shape index (κ2) is 17.8. The Balaban J connectivity index is 3.20. The molecule has 0 spiro atoms. The fourth-order valence-corrected chi connectivity index (χ4v) is 2.69. The molecule has 126 valence electrons. The molecular formula is C20H40O. The van der Waals surface area contributed by atoms with Gasteiger partial charge in [0.25, 0.3) is 0 Å². The van der Waals surface area contributed by atoms with Crippen molar-refractivity contribution in [1.29, 1.82) is 0 Å². The van der Waals surface area contributed by atoms with Crippen LogP contribution in [0, 0.1) is 0 Å². The van der Waals surface area contributed by atoms with Crippen LogP contribution in [0.4, 0.5) is 0 Å². The fourth-order valence-electron chi connectivity index (χ4n) is 2.69. The van der Waals surface area contributed by atoms with E-state index in [1.165, 1.54) is 83.5 Å². The second-order valence-electron chi connectivity index (χ2n) is 6.47. The molecule has 1 N–H and O–H groups in total. The van der Waals surface area contributed by atoms with E-state index in [0.29, 0.717) is 0 Å². The largest absolute Gasteiger partial charge is 0.393 e. The molecular weight excluding hydrogens is 256 g/mol. The molecule has 0 heterocycles. The molecule has 0 bridgehead atoms. The van der Waals surface area contributed by atoms with Crippen molar-refractivity contribution in [2.24, 2.45) is 0 Å². The minimum atomic E-state index is -0.114. The van der Waals surface area contributed by atoms with Gasteiger partial charge in [-0.2, -0.15) is 0 Å². The summed E-state index contributed by atoms with van der Waals surface area (Å²) in [4.78, 5) is 0. The highest BCUT2D eigenvalue weighted by molar-refractivity contribution is 4.83. The highest BCUT2D eigenvalue weighted by Gasteiger charge is 2.00. The number of hydrogen-bond acceptors (Lipinski definition) is 1. The van der Waals surface area contributed by atoms with Gasteiger partial charge in [-0.15, -0.1) is 0 Å². The van der Waals surface area contributed by atoms with Gasteiger partial charge < -0.3 is 5.11 Å². The summed E-state index contributed by atoms with van der Waals surface area (Å²) in [6.07, 6.45) is 23.5. The molecule has 21 heavy (non-hydrogen) atoms. The lowest BCUT2D eigenvalue weighted by molar-refractivity contribution is 0.163. The summed E-state index contributed by atoms with van der Waals surface area (Å²) in [5, 5.41) is 9.84. The first-order chi connectivity index (χ1) is 10.3. The Hall–Kier alpha value is -0.300. The standard InChI is InChI=1S/C20H40O/c1-3-5-7-9-10-11-12-13-14-15-17-19-20(21)18-16-8-6-4-2/h15,17,20-21H,3-14,16,18-19H2,1-2H3/b17-15-. The van der Waals surface area contributed by atoms with Gasteiger partial charge in [-0.25, -0.2) is 0 Å². The molecule has 1 nitrogen and oxygen atoms in total. The van der Waals surface area contributed by atoms with Crippen LogP contribution in [0.3, 0.4) is 0 Å². The molecule has 0 saturated heterocycles. The van der Waals surface area contributed by atoms with Gasteiger partial charge in [0.1, 0.15) is 0 Å². The number of aliphatic hydroxyl groups excluding tert-OH is 1. The van der Waals surface area contributed by atoms with Gasteiger partial charge in [0.2, 0.25) is 0 Å². The zero-order valence-corrected chi connectivity index (χ0v) is 14.8. The summed E-state index contributed by atoms with van der Waals surface area (Å²) in [6.45, 7) is 4.50. The van der Waals surface area contributed by atoms with E-state index < -0.39 is 0 Å². The number of unbranched alkanes of at least 4 members (excludes halogenated alkanes) is 11. The van der Waals surface area contributed by atoms with Gasteiger partial charge >= 0.3 is 0 Å². The Morgan fingerprint density at radius 3 is 1.81 bits per heavy atom. The molecule has 1 heteroatoms. The van der Waals surface area contributed by atoms with Gasteiger partial charge in [0.15, 0.2) is 0 Å². The van der Waals surface area contributed by atoms with Crippen LogP contribution in [0.2, 0.25) is 0 Å². The number of aliphatic hydroxyl groups is 1. The molecule has 0 fully saturated rings. The van der Waals surface area contributed by atoms with Crippen LogP contribution < -0.4 is 0 Å². The van der Waals surface area contributed by atoms with Gasteiger partial charge in [-0.1, -0.05) is 96.6 Å². The first-order valence-corrected chi connectivity index (χ1v) is 9.64. The molecule has 0 aliphatic heterocycles. The van der Waals surface area contributed by atoms with Crippen LogP contribution in [0.1, 0.15) is 110 Å². The van der Waals surface area contributed by atoms with Crippen LogP contribution >= 0.6 is 0 Å². The van der Waals surface area contributed by atoms with Gasteiger partial charge in [-0.3, -0.25) is 0 Å². The minimum absolute atomic E-state index is 0.114. The maximum atomic E-state index is 9.84. The predicted octanol–water partition coefficient (Wildman–Crippen LogP) is 6.79. The van der Waals surface area contributed by atoms with Crippen LogP contribution in [-0.2, 0) is 0 Å². The lowest BCUT2D eigenvalue weighted by Crippen LogP contribution is -2.04. The third kappa shape index (κ3) is 17.6. The Kier molecular flexibility index (Phi) is 17.5. The summed E-state index contributed by atoms with van der Waals surface area (Å²) in [5.74, 6) is 0. The van der Waals surface area contributed by atoms with Crippen molar-refractivity contribution in [3.05, 3.63) is 12.2 Å². The normalized spacial score (nSPS) is 13.1. The van der Waals surface area contributed by atoms with Crippen molar-refractivity contribution in [1.82, 2.24) is 0 Å². The van der Waals surface area contributed by atoms with Crippen molar-refractivity contribution in [3.63, 3.8) is 0 Å². The first-order valence-electron chi connectivity index (χ1n) is 9.64. The van der Waals surface area contributed by atoms with Crippen LogP contribution in [0.5, 0.6) is 0 Å². The molecule has 1 atom stereocenters. The lowest BCUT2D eigenvalue weighted by Gasteiger charge is -2.07.